The molecule has 1 aliphatic heterocycles. The van der Waals surface area contributed by atoms with Gasteiger partial charge in [0, 0.05) is 36.1 Å². The van der Waals surface area contributed by atoms with E-state index in [9.17, 15) is 14.4 Å². The average molecular weight is 644 g/mol. The molecular weight excluding hydrogens is 602 g/mol. The number of hydrazone groups is 1. The van der Waals surface area contributed by atoms with Gasteiger partial charge in [-0.2, -0.15) is 5.10 Å². The highest BCUT2D eigenvalue weighted by molar-refractivity contribution is 5.95. The molecule has 0 bridgehead atoms. The SMILES string of the molecule is CCOC(=O)C1=C(C)NC(=O)N[C@@H]1c1ccc(OCC(=O)N/N=C/c2ccc(N(CC)CC)cc2OCc2ccccc2)c(OC)c1. The molecule has 4 rings (SSSR count). The summed E-state index contributed by atoms with van der Waals surface area (Å²) < 4.78 is 22.6. The lowest BCUT2D eigenvalue weighted by Gasteiger charge is -2.28. The van der Waals surface area contributed by atoms with Gasteiger partial charge in [-0.3, -0.25) is 4.79 Å². The Morgan fingerprint density at radius 3 is 2.43 bits per heavy atom. The maximum atomic E-state index is 12.7. The van der Waals surface area contributed by atoms with Crippen molar-refractivity contribution >= 4 is 29.8 Å². The number of nitrogens with zero attached hydrogens (tertiary/aromatic N) is 2. The van der Waals surface area contributed by atoms with Gasteiger partial charge >= 0.3 is 12.0 Å². The van der Waals surface area contributed by atoms with Crippen molar-refractivity contribution in [3.63, 3.8) is 0 Å². The summed E-state index contributed by atoms with van der Waals surface area (Å²) in [6.45, 7) is 9.46. The van der Waals surface area contributed by atoms with Gasteiger partial charge in [-0.1, -0.05) is 36.4 Å². The fourth-order valence-corrected chi connectivity index (χ4v) is 5.03. The third-order valence-electron chi connectivity index (χ3n) is 7.40. The summed E-state index contributed by atoms with van der Waals surface area (Å²) in [5, 5.41) is 9.48. The smallest absolute Gasteiger partial charge is 0.338 e. The Morgan fingerprint density at radius 2 is 1.72 bits per heavy atom. The van der Waals surface area contributed by atoms with Gasteiger partial charge in [-0.25, -0.2) is 15.0 Å². The Bertz CT molecular complexity index is 1620. The Balaban J connectivity index is 1.42. The van der Waals surface area contributed by atoms with Crippen LogP contribution in [-0.4, -0.2) is 57.5 Å². The first-order valence-electron chi connectivity index (χ1n) is 15.4. The van der Waals surface area contributed by atoms with Crippen LogP contribution in [0.25, 0.3) is 0 Å². The molecule has 1 atom stereocenters. The number of methoxy groups -OCH3 is 1. The van der Waals surface area contributed by atoms with Crippen LogP contribution in [0.4, 0.5) is 10.5 Å². The second-order valence-corrected chi connectivity index (χ2v) is 10.5. The lowest BCUT2D eigenvalue weighted by molar-refractivity contribution is -0.139. The van der Waals surface area contributed by atoms with E-state index in [1.54, 1.807) is 32.0 Å². The summed E-state index contributed by atoms with van der Waals surface area (Å²) in [5.74, 6) is 0.193. The maximum absolute atomic E-state index is 12.7. The molecule has 0 unspecified atom stereocenters. The molecule has 12 heteroatoms. The van der Waals surface area contributed by atoms with E-state index in [1.807, 2.05) is 48.5 Å². The normalized spacial score (nSPS) is 14.2. The molecule has 0 radical (unpaired) electrons. The molecule has 0 aromatic heterocycles. The molecule has 3 N–H and O–H groups in total. The maximum Gasteiger partial charge on any atom is 0.338 e. The highest BCUT2D eigenvalue weighted by Gasteiger charge is 2.32. The van der Waals surface area contributed by atoms with Crippen LogP contribution in [-0.2, 0) is 20.9 Å². The molecule has 3 amide bonds. The lowest BCUT2D eigenvalue weighted by atomic mass is 9.95. The summed E-state index contributed by atoms with van der Waals surface area (Å²) in [4.78, 5) is 39.7. The standard InChI is InChI=1S/C35H41N5O7/c1-6-40(7-2)27-16-14-26(29(19-27)46-21-24-12-10-9-11-13-24)20-36-39-31(41)22-47-28-17-15-25(18-30(28)44-5)33-32(34(42)45-8-3)23(4)37-35(43)38-33/h9-20,33H,6-8,21-22H2,1-5H3,(H,39,41)(H2,37,38,43)/b36-20+/t33-/m1/s1. The Hall–Kier alpha value is -5.52. The van der Waals surface area contributed by atoms with Crippen molar-refractivity contribution in [2.45, 2.75) is 40.3 Å². The second-order valence-electron chi connectivity index (χ2n) is 10.5. The zero-order valence-electron chi connectivity index (χ0n) is 27.3. The molecule has 0 saturated carbocycles. The van der Waals surface area contributed by atoms with Crippen molar-refractivity contribution in [3.05, 3.63) is 94.7 Å². The first kappa shape index (κ1) is 34.4. The summed E-state index contributed by atoms with van der Waals surface area (Å²) in [7, 11) is 1.45. The molecule has 47 heavy (non-hydrogen) atoms. The molecule has 3 aromatic rings. The van der Waals surface area contributed by atoms with Gasteiger partial charge in [0.15, 0.2) is 18.1 Å². The fraction of sp³-hybridized carbons (Fsp3) is 0.314. The number of hydrogen-bond donors (Lipinski definition) is 3. The number of carbonyl (C=O) groups excluding carboxylic acids is 3. The molecule has 0 fully saturated rings. The van der Waals surface area contributed by atoms with E-state index in [1.165, 1.54) is 13.3 Å². The molecule has 1 heterocycles. The van der Waals surface area contributed by atoms with Gasteiger partial charge in [0.05, 0.1) is 31.5 Å². The molecular formula is C35H41N5O7. The number of amides is 3. The van der Waals surface area contributed by atoms with Crippen molar-refractivity contribution in [3.8, 4) is 17.2 Å². The molecule has 0 spiro atoms. The quantitative estimate of drug-likeness (QED) is 0.122. The summed E-state index contributed by atoms with van der Waals surface area (Å²) in [5.41, 5.74) is 6.48. The number of carbonyl (C=O) groups is 3. The van der Waals surface area contributed by atoms with Gasteiger partial charge in [-0.05, 0) is 63.1 Å². The fourth-order valence-electron chi connectivity index (χ4n) is 5.03. The lowest BCUT2D eigenvalue weighted by Crippen LogP contribution is -2.45. The van der Waals surface area contributed by atoms with Crippen LogP contribution < -0.4 is 35.2 Å². The van der Waals surface area contributed by atoms with Gasteiger partial charge in [0.1, 0.15) is 12.4 Å². The topological polar surface area (TPSA) is 140 Å². The monoisotopic (exact) mass is 643 g/mol. The summed E-state index contributed by atoms with van der Waals surface area (Å²) in [6, 6.07) is 19.4. The van der Waals surface area contributed by atoms with Crippen LogP contribution >= 0.6 is 0 Å². The highest BCUT2D eigenvalue weighted by atomic mass is 16.5. The second kappa shape index (κ2) is 16.7. The van der Waals surface area contributed by atoms with Crippen molar-refractivity contribution < 1.29 is 33.3 Å². The number of esters is 1. The number of ether oxygens (including phenoxy) is 4. The van der Waals surface area contributed by atoms with E-state index in [0.29, 0.717) is 34.9 Å². The van der Waals surface area contributed by atoms with Crippen molar-refractivity contribution in [1.29, 1.82) is 0 Å². The summed E-state index contributed by atoms with van der Waals surface area (Å²) >= 11 is 0. The van der Waals surface area contributed by atoms with Crippen LogP contribution in [0, 0.1) is 0 Å². The van der Waals surface area contributed by atoms with Crippen LogP contribution in [0.15, 0.2) is 83.1 Å². The molecule has 248 valence electrons. The third kappa shape index (κ3) is 9.03. The van der Waals surface area contributed by atoms with Gasteiger partial charge in [0.25, 0.3) is 5.91 Å². The average Bonchev–Trinajstić information content (AvgIpc) is 3.07. The van der Waals surface area contributed by atoms with E-state index in [0.717, 1.165) is 24.3 Å². The van der Waals surface area contributed by atoms with Gasteiger partial charge in [-0.15, -0.1) is 0 Å². The Morgan fingerprint density at radius 1 is 0.957 bits per heavy atom. The van der Waals surface area contributed by atoms with Gasteiger partial charge in [0.2, 0.25) is 0 Å². The van der Waals surface area contributed by atoms with Crippen LogP contribution in [0.1, 0.15) is 50.4 Å². The number of urea groups is 1. The van der Waals surface area contributed by atoms with E-state index < -0.39 is 23.9 Å². The van der Waals surface area contributed by atoms with Crippen molar-refractivity contribution in [1.82, 2.24) is 16.1 Å². The number of benzene rings is 3. The number of rotatable bonds is 15. The molecule has 3 aromatic carbocycles. The van der Waals surface area contributed by atoms with E-state index >= 15 is 0 Å². The van der Waals surface area contributed by atoms with Crippen molar-refractivity contribution in [2.24, 2.45) is 5.10 Å². The Labute approximate surface area is 274 Å². The minimum atomic E-state index is -0.772. The minimum Gasteiger partial charge on any atom is -0.493 e. The number of nitrogens with one attached hydrogen (secondary N) is 3. The van der Waals surface area contributed by atoms with Crippen LogP contribution in [0.5, 0.6) is 17.2 Å². The minimum absolute atomic E-state index is 0.185. The van der Waals surface area contributed by atoms with Crippen molar-refractivity contribution in [2.75, 3.05) is 38.3 Å². The Kier molecular flexibility index (Phi) is 12.2. The van der Waals surface area contributed by atoms with Crippen LogP contribution in [0.3, 0.4) is 0 Å². The number of hydrogen-bond acceptors (Lipinski definition) is 9. The summed E-state index contributed by atoms with van der Waals surface area (Å²) in [6.07, 6.45) is 1.53. The first-order chi connectivity index (χ1) is 22.8. The largest absolute Gasteiger partial charge is 0.493 e. The van der Waals surface area contributed by atoms with E-state index in [4.69, 9.17) is 18.9 Å². The number of anilines is 1. The first-order valence-corrected chi connectivity index (χ1v) is 15.4. The van der Waals surface area contributed by atoms with E-state index in [-0.39, 0.29) is 24.5 Å². The highest BCUT2D eigenvalue weighted by Crippen LogP contribution is 2.34. The van der Waals surface area contributed by atoms with Gasteiger partial charge < -0.3 is 34.5 Å². The van der Waals surface area contributed by atoms with E-state index in [2.05, 4.69) is 39.9 Å². The predicted molar refractivity (Wildman–Crippen MR) is 179 cm³/mol. The van der Waals surface area contributed by atoms with Crippen LogP contribution in [0.2, 0.25) is 0 Å². The zero-order chi connectivity index (χ0) is 33.8. The number of allylic oxidation sites excluding steroid dienone is 1. The molecule has 0 saturated heterocycles. The molecule has 12 nitrogen and oxygen atoms in total. The zero-order valence-corrected chi connectivity index (χ0v) is 27.3. The predicted octanol–water partition coefficient (Wildman–Crippen LogP) is 4.84. The molecule has 1 aliphatic rings. The molecule has 0 aliphatic carbocycles. The third-order valence-corrected chi connectivity index (χ3v) is 7.40.